The van der Waals surface area contributed by atoms with Gasteiger partial charge in [0, 0.05) is 37.5 Å². The van der Waals surface area contributed by atoms with Crippen molar-refractivity contribution in [2.24, 2.45) is 5.73 Å². The quantitative estimate of drug-likeness (QED) is 0.182. The summed E-state index contributed by atoms with van der Waals surface area (Å²) in [6.45, 7) is 8.01. The number of aliphatic hydroxyl groups excluding tert-OH is 2. The Morgan fingerprint density at radius 1 is 1.27 bits per heavy atom. The number of amides is 3. The van der Waals surface area contributed by atoms with Crippen molar-refractivity contribution in [1.82, 2.24) is 10.2 Å². The van der Waals surface area contributed by atoms with Crippen LogP contribution in [0.25, 0.3) is 0 Å². The molecule has 13 heteroatoms. The molecule has 5 N–H and O–H groups in total. The van der Waals surface area contributed by atoms with Gasteiger partial charge in [-0.05, 0) is 34.1 Å². The van der Waals surface area contributed by atoms with Crippen LogP contribution >= 0.6 is 11.8 Å². The van der Waals surface area contributed by atoms with Crippen molar-refractivity contribution >= 4 is 35.3 Å². The number of carbonyl (C=O) groups is 4. The Morgan fingerprint density at radius 2 is 1.95 bits per heavy atom. The summed E-state index contributed by atoms with van der Waals surface area (Å²) < 4.78 is 17.4. The predicted molar refractivity (Wildman–Crippen MR) is 133 cm³/mol. The highest BCUT2D eigenvalue weighted by molar-refractivity contribution is 8.00. The predicted octanol–water partition coefficient (Wildman–Crippen LogP) is -0.572. The van der Waals surface area contributed by atoms with Gasteiger partial charge in [0.05, 0.1) is 18.5 Å². The van der Waals surface area contributed by atoms with Gasteiger partial charge in [-0.3, -0.25) is 24.1 Å². The number of rotatable bonds is 12. The number of nitrogens with zero attached hydrogens (tertiary/aromatic N) is 1. The second-order valence-electron chi connectivity index (χ2n) is 11.0. The molecule has 0 radical (unpaired) electrons. The first-order valence-electron chi connectivity index (χ1n) is 12.4. The molecule has 0 aromatic heterocycles. The summed E-state index contributed by atoms with van der Waals surface area (Å²) in [6.07, 6.45) is -2.90. The molecule has 12 nitrogen and oxygen atoms in total. The molecule has 3 rings (SSSR count). The van der Waals surface area contributed by atoms with Crippen LogP contribution in [-0.4, -0.2) is 104 Å². The van der Waals surface area contributed by atoms with Crippen molar-refractivity contribution in [3.8, 4) is 0 Å². The lowest BCUT2D eigenvalue weighted by atomic mass is 9.82. The van der Waals surface area contributed by atoms with Crippen molar-refractivity contribution in [2.75, 3.05) is 19.0 Å². The minimum absolute atomic E-state index is 0.0155. The van der Waals surface area contributed by atoms with Gasteiger partial charge in [-0.15, -0.1) is 11.8 Å². The maximum atomic E-state index is 12.9. The summed E-state index contributed by atoms with van der Waals surface area (Å²) in [4.78, 5) is 49.5. The van der Waals surface area contributed by atoms with E-state index < -0.39 is 52.6 Å². The maximum absolute atomic E-state index is 12.9. The number of fused-ring (bicyclic) bond motifs is 2. The minimum Gasteiger partial charge on any atom is -0.388 e. The van der Waals surface area contributed by atoms with Crippen LogP contribution in [0.1, 0.15) is 60.3 Å². The average molecular weight is 546 g/mol. The van der Waals surface area contributed by atoms with Crippen LogP contribution in [0.15, 0.2) is 0 Å². The molecule has 0 aliphatic carbocycles. The Labute approximate surface area is 220 Å². The third kappa shape index (κ3) is 6.70. The number of hydrogen-bond acceptors (Lipinski definition) is 11. The van der Waals surface area contributed by atoms with Gasteiger partial charge in [0.1, 0.15) is 35.4 Å². The molecule has 7 atom stereocenters. The van der Waals surface area contributed by atoms with Gasteiger partial charge in [0.2, 0.25) is 17.7 Å². The summed E-state index contributed by atoms with van der Waals surface area (Å²) in [7, 11) is 0. The molecular weight excluding hydrogens is 506 g/mol. The Hall–Kier alpha value is -1.61. The monoisotopic (exact) mass is 545 g/mol. The van der Waals surface area contributed by atoms with Gasteiger partial charge in [-0.1, -0.05) is 0 Å². The van der Waals surface area contributed by atoms with E-state index in [1.165, 1.54) is 30.5 Å². The molecule has 3 saturated heterocycles. The summed E-state index contributed by atoms with van der Waals surface area (Å²) in [6, 6.07) is -0.922. The van der Waals surface area contributed by atoms with Crippen LogP contribution in [0.3, 0.4) is 0 Å². The zero-order valence-corrected chi connectivity index (χ0v) is 22.8. The molecule has 2 bridgehead atoms. The third-order valence-corrected chi connectivity index (χ3v) is 8.23. The number of hydrogen-bond donors (Lipinski definition) is 4. The van der Waals surface area contributed by atoms with Crippen molar-refractivity contribution in [1.29, 1.82) is 0 Å². The standard InChI is InChI=1S/C24H39N3O9S/c1-13(28)6-9-37-15-10-16(30)27(20(15)33)22(3,4)7-8-35-23(5,25)11-24-12-34-21(36-24)17(26-14(2)29)18(31)19(24)32/h15,17-19,21,31-32H,6-12,25H2,1-5H3,(H,26,29)/t15?,17-,18+,19+,21-,23?,24-/m0/s1. The summed E-state index contributed by atoms with van der Waals surface area (Å²) in [5.74, 6) is -0.402. The number of Topliss-reactive ketones (excluding diaryl/α,β-unsaturated/α-hetero) is 1. The Balaban J connectivity index is 1.56. The van der Waals surface area contributed by atoms with Gasteiger partial charge >= 0.3 is 0 Å². The van der Waals surface area contributed by atoms with E-state index in [0.29, 0.717) is 18.6 Å². The van der Waals surface area contributed by atoms with Crippen molar-refractivity contribution in [3.63, 3.8) is 0 Å². The molecule has 0 aromatic carbocycles. The molecule has 0 spiro atoms. The Morgan fingerprint density at radius 3 is 2.57 bits per heavy atom. The molecule has 3 fully saturated rings. The van der Waals surface area contributed by atoms with Crippen molar-refractivity contribution in [3.05, 3.63) is 0 Å². The van der Waals surface area contributed by atoms with E-state index in [-0.39, 0.29) is 43.7 Å². The number of ether oxygens (including phenoxy) is 3. The van der Waals surface area contributed by atoms with Crippen LogP contribution in [0, 0.1) is 0 Å². The van der Waals surface area contributed by atoms with E-state index in [4.69, 9.17) is 19.9 Å². The summed E-state index contributed by atoms with van der Waals surface area (Å²) in [5.41, 5.74) is 2.92. The number of thioether (sulfide) groups is 1. The highest BCUT2D eigenvalue weighted by atomic mass is 32.2. The molecule has 0 saturated carbocycles. The fourth-order valence-electron chi connectivity index (χ4n) is 5.11. The number of carbonyl (C=O) groups excluding carboxylic acids is 4. The molecule has 37 heavy (non-hydrogen) atoms. The largest absolute Gasteiger partial charge is 0.388 e. The molecule has 2 unspecified atom stereocenters. The maximum Gasteiger partial charge on any atom is 0.243 e. The number of nitrogens with two attached hydrogens (primary N) is 1. The lowest BCUT2D eigenvalue weighted by molar-refractivity contribution is -0.239. The second-order valence-corrected chi connectivity index (χ2v) is 12.3. The highest BCUT2D eigenvalue weighted by Crippen LogP contribution is 2.42. The molecule has 3 aliphatic heterocycles. The van der Waals surface area contributed by atoms with E-state index >= 15 is 0 Å². The van der Waals surface area contributed by atoms with Gasteiger partial charge < -0.3 is 35.5 Å². The molecule has 3 amide bonds. The van der Waals surface area contributed by atoms with Crippen molar-refractivity contribution in [2.45, 2.75) is 107 Å². The third-order valence-electron chi connectivity index (χ3n) is 7.02. The fourth-order valence-corrected chi connectivity index (χ4v) is 6.31. The first-order chi connectivity index (χ1) is 17.1. The van der Waals surface area contributed by atoms with E-state index in [0.717, 1.165) is 0 Å². The van der Waals surface area contributed by atoms with Crippen LogP contribution < -0.4 is 11.1 Å². The Bertz CT molecular complexity index is 914. The highest BCUT2D eigenvalue weighted by Gasteiger charge is 2.61. The molecular formula is C24H39N3O9S. The zero-order chi connectivity index (χ0) is 27.8. The second kappa shape index (κ2) is 11.2. The van der Waals surface area contributed by atoms with E-state index in [1.54, 1.807) is 20.8 Å². The summed E-state index contributed by atoms with van der Waals surface area (Å²) >= 11 is 1.32. The smallest absolute Gasteiger partial charge is 0.243 e. The lowest BCUT2D eigenvalue weighted by Crippen LogP contribution is -2.67. The number of imide groups is 1. The molecule has 0 aromatic rings. The van der Waals surface area contributed by atoms with Crippen LogP contribution in [0.4, 0.5) is 0 Å². The van der Waals surface area contributed by atoms with E-state index in [2.05, 4.69) is 5.32 Å². The minimum atomic E-state index is -1.39. The first kappa shape index (κ1) is 29.9. The average Bonchev–Trinajstić information content (AvgIpc) is 3.28. The van der Waals surface area contributed by atoms with E-state index in [9.17, 15) is 29.4 Å². The summed E-state index contributed by atoms with van der Waals surface area (Å²) in [5, 5.41) is 23.4. The lowest BCUT2D eigenvalue weighted by Gasteiger charge is -2.45. The normalized spacial score (nSPS) is 33.5. The first-order valence-corrected chi connectivity index (χ1v) is 13.5. The molecule has 3 aliphatic rings. The van der Waals surface area contributed by atoms with Gasteiger partial charge in [0.25, 0.3) is 0 Å². The van der Waals surface area contributed by atoms with E-state index in [1.807, 2.05) is 0 Å². The topological polar surface area (TPSA) is 178 Å². The molecule has 210 valence electrons. The van der Waals surface area contributed by atoms with Gasteiger partial charge in [-0.2, -0.15) is 0 Å². The van der Waals surface area contributed by atoms with Crippen LogP contribution in [0.2, 0.25) is 0 Å². The van der Waals surface area contributed by atoms with Crippen LogP contribution in [-0.2, 0) is 33.4 Å². The van der Waals surface area contributed by atoms with Gasteiger partial charge in [0.15, 0.2) is 6.29 Å². The molecule has 3 heterocycles. The van der Waals surface area contributed by atoms with Crippen LogP contribution in [0.5, 0.6) is 0 Å². The Kier molecular flexibility index (Phi) is 9.10. The SMILES string of the molecule is CC(=O)CCSC1CC(=O)N(C(C)(C)CCOC(C)(N)C[C@@]23CO[C@@H](O2)[C@@H](NC(C)=O)[C@@H](O)[C@H]3O)C1=O. The number of aliphatic hydroxyl groups is 2. The zero-order valence-electron chi connectivity index (χ0n) is 22.0. The van der Waals surface area contributed by atoms with Gasteiger partial charge in [-0.25, -0.2) is 0 Å². The van der Waals surface area contributed by atoms with Crippen molar-refractivity contribution < 1.29 is 43.6 Å². The number of ketones is 1. The number of likely N-dealkylation sites (tertiary alicyclic amines) is 1. The number of nitrogens with one attached hydrogen (secondary N) is 1. The fraction of sp³-hybridized carbons (Fsp3) is 0.833.